The summed E-state index contributed by atoms with van der Waals surface area (Å²) in [6.45, 7) is 10.1. The Morgan fingerprint density at radius 3 is 2.76 bits per heavy atom. The maximum absolute atomic E-state index is 12.0. The Balaban J connectivity index is 2.17. The van der Waals surface area contributed by atoms with Gasteiger partial charge in [0, 0.05) is 52.4 Å². The minimum Gasteiger partial charge on any atom is -0.381 e. The molecule has 0 bridgehead atoms. The highest BCUT2D eigenvalue weighted by molar-refractivity contribution is 5.79. The van der Waals surface area contributed by atoms with Gasteiger partial charge in [-0.3, -0.25) is 9.79 Å². The van der Waals surface area contributed by atoms with Crippen molar-refractivity contribution in [2.75, 3.05) is 45.9 Å². The molecule has 6 heteroatoms. The summed E-state index contributed by atoms with van der Waals surface area (Å²) in [5, 5.41) is 6.62. The Bertz CT molecular complexity index is 374. The fourth-order valence-corrected chi connectivity index (χ4v) is 2.80. The second-order valence-corrected chi connectivity index (χ2v) is 6.55. The Morgan fingerprint density at radius 2 is 1.96 bits per heavy atom. The van der Waals surface area contributed by atoms with E-state index in [0.29, 0.717) is 12.3 Å². The molecule has 1 heterocycles. The average molecular weight is 355 g/mol. The number of nitrogens with one attached hydrogen (secondary N) is 2. The zero-order valence-corrected chi connectivity index (χ0v) is 16.3. The first-order valence-corrected chi connectivity index (χ1v) is 10.2. The molecule has 0 aromatic carbocycles. The molecule has 1 aliphatic rings. The van der Waals surface area contributed by atoms with Gasteiger partial charge in [0.15, 0.2) is 5.96 Å². The Kier molecular flexibility index (Phi) is 13.0. The number of nitrogens with zero attached hydrogens (tertiary/aromatic N) is 2. The predicted molar refractivity (Wildman–Crippen MR) is 104 cm³/mol. The smallest absolute Gasteiger partial charge is 0.222 e. The summed E-state index contributed by atoms with van der Waals surface area (Å²) in [5.74, 6) is 1.17. The van der Waals surface area contributed by atoms with Crippen molar-refractivity contribution in [3.63, 3.8) is 0 Å². The van der Waals surface area contributed by atoms with Crippen LogP contribution in [0.2, 0.25) is 0 Å². The standard InChI is InChI=1S/C19H38N4O2/c1-3-5-16-25-17-10-13-22-19(20-4-2)21-12-9-15-23-14-8-6-7-11-18(23)24/h3-17H2,1-2H3,(H2,20,21,22). The fourth-order valence-electron chi connectivity index (χ4n) is 2.80. The summed E-state index contributed by atoms with van der Waals surface area (Å²) in [4.78, 5) is 18.6. The number of carbonyl (C=O) groups is 1. The van der Waals surface area contributed by atoms with E-state index in [0.717, 1.165) is 84.0 Å². The fraction of sp³-hybridized carbons (Fsp3) is 0.895. The first-order valence-electron chi connectivity index (χ1n) is 10.2. The van der Waals surface area contributed by atoms with Gasteiger partial charge in [-0.05, 0) is 39.0 Å². The first kappa shape index (κ1) is 21.7. The van der Waals surface area contributed by atoms with Crippen LogP contribution in [0.5, 0.6) is 0 Å². The number of guanidine groups is 1. The van der Waals surface area contributed by atoms with Gasteiger partial charge in [-0.25, -0.2) is 0 Å². The van der Waals surface area contributed by atoms with Gasteiger partial charge in [-0.15, -0.1) is 0 Å². The van der Waals surface area contributed by atoms with E-state index >= 15 is 0 Å². The van der Waals surface area contributed by atoms with E-state index in [-0.39, 0.29) is 0 Å². The Labute approximate surface area is 153 Å². The lowest BCUT2D eigenvalue weighted by atomic mass is 10.2. The van der Waals surface area contributed by atoms with Gasteiger partial charge >= 0.3 is 0 Å². The van der Waals surface area contributed by atoms with Crippen LogP contribution < -0.4 is 10.6 Å². The molecule has 6 nitrogen and oxygen atoms in total. The molecule has 146 valence electrons. The molecule has 1 fully saturated rings. The van der Waals surface area contributed by atoms with E-state index in [2.05, 4.69) is 29.5 Å². The van der Waals surface area contributed by atoms with E-state index in [1.807, 2.05) is 4.90 Å². The highest BCUT2D eigenvalue weighted by Gasteiger charge is 2.15. The van der Waals surface area contributed by atoms with Gasteiger partial charge in [-0.2, -0.15) is 0 Å². The number of ether oxygens (including phenoxy) is 1. The highest BCUT2D eigenvalue weighted by Crippen LogP contribution is 2.11. The van der Waals surface area contributed by atoms with Crippen LogP contribution in [0.1, 0.15) is 65.2 Å². The van der Waals surface area contributed by atoms with E-state index in [1.165, 1.54) is 12.8 Å². The van der Waals surface area contributed by atoms with E-state index in [4.69, 9.17) is 4.74 Å². The third kappa shape index (κ3) is 11.0. The summed E-state index contributed by atoms with van der Waals surface area (Å²) < 4.78 is 5.56. The number of rotatable bonds is 12. The lowest BCUT2D eigenvalue weighted by Gasteiger charge is -2.20. The maximum Gasteiger partial charge on any atom is 0.222 e. The number of hydrogen-bond donors (Lipinski definition) is 2. The van der Waals surface area contributed by atoms with Crippen molar-refractivity contribution < 1.29 is 9.53 Å². The zero-order chi connectivity index (χ0) is 18.2. The summed E-state index contributed by atoms with van der Waals surface area (Å²) >= 11 is 0. The van der Waals surface area contributed by atoms with Crippen LogP contribution in [0.15, 0.2) is 4.99 Å². The molecular weight excluding hydrogens is 316 g/mol. The highest BCUT2D eigenvalue weighted by atomic mass is 16.5. The molecular formula is C19H38N4O2. The molecule has 0 radical (unpaired) electrons. The lowest BCUT2D eigenvalue weighted by molar-refractivity contribution is -0.130. The summed E-state index contributed by atoms with van der Waals surface area (Å²) in [5.41, 5.74) is 0. The van der Waals surface area contributed by atoms with Crippen molar-refractivity contribution in [2.24, 2.45) is 4.99 Å². The predicted octanol–water partition coefficient (Wildman–Crippen LogP) is 2.54. The lowest BCUT2D eigenvalue weighted by Crippen LogP contribution is -2.38. The van der Waals surface area contributed by atoms with Crippen LogP contribution in [-0.2, 0) is 9.53 Å². The van der Waals surface area contributed by atoms with Crippen LogP contribution in [0.25, 0.3) is 0 Å². The number of amides is 1. The molecule has 2 N–H and O–H groups in total. The van der Waals surface area contributed by atoms with Crippen LogP contribution in [0, 0.1) is 0 Å². The van der Waals surface area contributed by atoms with Crippen molar-refractivity contribution in [1.29, 1.82) is 0 Å². The molecule has 1 rings (SSSR count). The topological polar surface area (TPSA) is 66.0 Å². The molecule has 1 saturated heterocycles. The number of carbonyl (C=O) groups excluding carboxylic acids is 1. The van der Waals surface area contributed by atoms with Crippen molar-refractivity contribution in [2.45, 2.75) is 65.2 Å². The quantitative estimate of drug-likeness (QED) is 0.321. The third-order valence-corrected chi connectivity index (χ3v) is 4.27. The van der Waals surface area contributed by atoms with Gasteiger partial charge < -0.3 is 20.3 Å². The molecule has 0 aromatic heterocycles. The molecule has 0 atom stereocenters. The van der Waals surface area contributed by atoms with Gasteiger partial charge in [0.1, 0.15) is 0 Å². The van der Waals surface area contributed by atoms with Crippen molar-refractivity contribution in [3.05, 3.63) is 0 Å². The number of unbranched alkanes of at least 4 members (excludes halogenated alkanes) is 1. The third-order valence-electron chi connectivity index (χ3n) is 4.27. The molecule has 1 amide bonds. The second kappa shape index (κ2) is 15.0. The molecule has 1 aliphatic heterocycles. The van der Waals surface area contributed by atoms with Gasteiger partial charge in [0.25, 0.3) is 0 Å². The number of aliphatic imine (C=N–C) groups is 1. The number of hydrogen-bond acceptors (Lipinski definition) is 3. The minimum absolute atomic E-state index is 0.314. The average Bonchev–Trinajstić information content (AvgIpc) is 2.82. The largest absolute Gasteiger partial charge is 0.381 e. The van der Waals surface area contributed by atoms with Crippen molar-refractivity contribution in [3.8, 4) is 0 Å². The minimum atomic E-state index is 0.314. The zero-order valence-electron chi connectivity index (χ0n) is 16.3. The Hall–Kier alpha value is -1.30. The summed E-state index contributed by atoms with van der Waals surface area (Å²) in [6, 6.07) is 0. The molecule has 0 aliphatic carbocycles. The normalized spacial score (nSPS) is 16.0. The van der Waals surface area contributed by atoms with Gasteiger partial charge in [0.2, 0.25) is 5.91 Å². The van der Waals surface area contributed by atoms with Crippen LogP contribution in [0.3, 0.4) is 0 Å². The van der Waals surface area contributed by atoms with Gasteiger partial charge in [-0.1, -0.05) is 19.8 Å². The molecule has 0 spiro atoms. The van der Waals surface area contributed by atoms with Crippen LogP contribution >= 0.6 is 0 Å². The van der Waals surface area contributed by atoms with E-state index in [9.17, 15) is 4.79 Å². The first-order chi connectivity index (χ1) is 12.3. The van der Waals surface area contributed by atoms with Crippen LogP contribution in [-0.4, -0.2) is 62.7 Å². The van der Waals surface area contributed by atoms with Crippen molar-refractivity contribution >= 4 is 11.9 Å². The van der Waals surface area contributed by atoms with Gasteiger partial charge in [0.05, 0.1) is 0 Å². The maximum atomic E-state index is 12.0. The summed E-state index contributed by atoms with van der Waals surface area (Å²) in [7, 11) is 0. The second-order valence-electron chi connectivity index (χ2n) is 6.55. The van der Waals surface area contributed by atoms with E-state index in [1.54, 1.807) is 0 Å². The molecule has 25 heavy (non-hydrogen) atoms. The SMILES string of the molecule is CCCCOCCCNC(=NCCCN1CCCCCC1=O)NCC. The molecule has 0 saturated carbocycles. The summed E-state index contributed by atoms with van der Waals surface area (Å²) in [6.07, 6.45) is 8.29. The molecule has 0 aromatic rings. The monoisotopic (exact) mass is 354 g/mol. The molecule has 0 unspecified atom stereocenters. The van der Waals surface area contributed by atoms with Crippen molar-refractivity contribution in [1.82, 2.24) is 15.5 Å². The van der Waals surface area contributed by atoms with E-state index < -0.39 is 0 Å². The van der Waals surface area contributed by atoms with Crippen LogP contribution in [0.4, 0.5) is 0 Å². The number of likely N-dealkylation sites (tertiary alicyclic amines) is 1. The Morgan fingerprint density at radius 1 is 1.12 bits per heavy atom.